The van der Waals surface area contributed by atoms with E-state index < -0.39 is 0 Å². The van der Waals surface area contributed by atoms with Crippen LogP contribution in [-0.2, 0) is 5.41 Å². The average Bonchev–Trinajstić information content (AvgIpc) is 3.26. The zero-order valence-electron chi connectivity index (χ0n) is 22.5. The third-order valence-electron chi connectivity index (χ3n) is 8.86. The molecule has 0 unspecified atom stereocenters. The number of H-pyrrole nitrogens is 1. The largest absolute Gasteiger partial charge is 0.383 e. The molecule has 3 aliphatic rings. The van der Waals surface area contributed by atoms with Crippen molar-refractivity contribution in [1.82, 2.24) is 25.0 Å². The van der Waals surface area contributed by atoms with Gasteiger partial charge in [0.2, 0.25) is 0 Å². The lowest BCUT2D eigenvalue weighted by atomic mass is 9.67. The van der Waals surface area contributed by atoms with E-state index in [2.05, 4.69) is 89.5 Å². The maximum Gasteiger partial charge on any atom is 0.184 e. The second kappa shape index (κ2) is 9.73. The van der Waals surface area contributed by atoms with Crippen molar-refractivity contribution in [3.8, 4) is 11.1 Å². The number of rotatable bonds is 6. The average molecular weight is 497 g/mol. The third-order valence-corrected chi connectivity index (χ3v) is 8.86. The van der Waals surface area contributed by atoms with Crippen molar-refractivity contribution in [2.45, 2.75) is 50.9 Å². The fraction of sp³-hybridized carbons (Fsp3) is 0.484. The lowest BCUT2D eigenvalue weighted by molar-refractivity contribution is 0.132. The molecule has 3 aromatic rings. The molecule has 0 bridgehead atoms. The van der Waals surface area contributed by atoms with E-state index in [0.717, 1.165) is 55.3 Å². The quantitative estimate of drug-likeness (QED) is 0.471. The van der Waals surface area contributed by atoms with Gasteiger partial charge in [0.1, 0.15) is 5.82 Å². The van der Waals surface area contributed by atoms with Gasteiger partial charge in [0.15, 0.2) is 5.65 Å². The molecular formula is C31H40N6. The first kappa shape index (κ1) is 24.4. The van der Waals surface area contributed by atoms with Crippen LogP contribution in [0.4, 0.5) is 5.82 Å². The minimum Gasteiger partial charge on any atom is -0.383 e. The number of allylic oxidation sites excluding steroid dienone is 4. The SMILES string of the molecule is CN1CCN(CC(C)(C)c2cc(-c3ccc(C4CC(C5=CC=CCC5)C4)cc3)c3c(N)[nH]nc3n2)CC1. The van der Waals surface area contributed by atoms with Crippen molar-refractivity contribution in [2.24, 2.45) is 5.92 Å². The Bertz CT molecular complexity index is 1320. The zero-order chi connectivity index (χ0) is 25.6. The van der Waals surface area contributed by atoms with Gasteiger partial charge in [0.05, 0.1) is 11.1 Å². The highest BCUT2D eigenvalue weighted by Crippen LogP contribution is 2.47. The fourth-order valence-electron chi connectivity index (χ4n) is 6.36. The number of anilines is 1. The fourth-order valence-corrected chi connectivity index (χ4v) is 6.36. The molecule has 0 amide bonds. The number of piperazine rings is 1. The predicted molar refractivity (Wildman–Crippen MR) is 153 cm³/mol. The Morgan fingerprint density at radius 3 is 2.51 bits per heavy atom. The van der Waals surface area contributed by atoms with Crippen LogP contribution in [0.2, 0.25) is 0 Å². The minimum atomic E-state index is -0.101. The van der Waals surface area contributed by atoms with Crippen LogP contribution in [0.3, 0.4) is 0 Å². The summed E-state index contributed by atoms with van der Waals surface area (Å²) in [5.74, 6) is 2.02. The third kappa shape index (κ3) is 4.85. The standard InChI is InChI=1S/C31H40N6/c1-31(2,20-37-15-13-36(3)14-16-37)27-19-26(28-29(32)34-35-30(28)33-27)23-11-9-22(10-12-23)25-17-24(18-25)21-7-5-4-6-8-21/h4-5,7,9-12,19,24-25H,6,8,13-18,20H2,1-3H3,(H3,32,33,34,35). The van der Waals surface area contributed by atoms with E-state index in [0.29, 0.717) is 17.4 Å². The van der Waals surface area contributed by atoms with Crippen LogP contribution in [-0.4, -0.2) is 64.8 Å². The number of fused-ring (bicyclic) bond motifs is 1. The molecule has 0 spiro atoms. The zero-order valence-corrected chi connectivity index (χ0v) is 22.5. The van der Waals surface area contributed by atoms with Gasteiger partial charge in [-0.05, 0) is 67.3 Å². The molecule has 6 nitrogen and oxygen atoms in total. The number of nitrogens with two attached hydrogens (primary N) is 1. The highest BCUT2D eigenvalue weighted by atomic mass is 15.2. The molecule has 1 aromatic carbocycles. The van der Waals surface area contributed by atoms with Crippen LogP contribution < -0.4 is 5.73 Å². The summed E-state index contributed by atoms with van der Waals surface area (Å²) in [7, 11) is 2.20. The molecule has 0 atom stereocenters. The number of hydrogen-bond donors (Lipinski definition) is 2. The first-order valence-corrected chi connectivity index (χ1v) is 13.9. The van der Waals surface area contributed by atoms with Gasteiger partial charge in [-0.25, -0.2) is 4.98 Å². The van der Waals surface area contributed by atoms with E-state index in [4.69, 9.17) is 10.7 Å². The maximum absolute atomic E-state index is 6.35. The topological polar surface area (TPSA) is 74.1 Å². The Labute approximate surface area is 220 Å². The van der Waals surface area contributed by atoms with Crippen molar-refractivity contribution < 1.29 is 0 Å². The van der Waals surface area contributed by atoms with Crippen molar-refractivity contribution >= 4 is 16.9 Å². The van der Waals surface area contributed by atoms with Gasteiger partial charge in [-0.1, -0.05) is 61.9 Å². The maximum atomic E-state index is 6.35. The van der Waals surface area contributed by atoms with Gasteiger partial charge >= 0.3 is 0 Å². The van der Waals surface area contributed by atoms with Gasteiger partial charge < -0.3 is 10.6 Å². The van der Waals surface area contributed by atoms with E-state index in [1.165, 1.54) is 36.8 Å². The highest BCUT2D eigenvalue weighted by molar-refractivity contribution is 6.00. The molecule has 2 aliphatic carbocycles. The smallest absolute Gasteiger partial charge is 0.184 e. The first-order valence-electron chi connectivity index (χ1n) is 13.9. The number of nitrogen functional groups attached to an aromatic ring is 1. The van der Waals surface area contributed by atoms with Gasteiger partial charge in [0.25, 0.3) is 0 Å². The number of nitrogens with zero attached hydrogens (tertiary/aromatic N) is 4. The van der Waals surface area contributed by atoms with E-state index >= 15 is 0 Å². The molecule has 3 heterocycles. The number of aromatic nitrogens is 3. The van der Waals surface area contributed by atoms with Crippen LogP contribution in [0, 0.1) is 5.92 Å². The number of nitrogens with one attached hydrogen (secondary N) is 1. The summed E-state index contributed by atoms with van der Waals surface area (Å²) >= 11 is 0. The summed E-state index contributed by atoms with van der Waals surface area (Å²) in [5.41, 5.74) is 13.4. The van der Waals surface area contributed by atoms with Crippen LogP contribution >= 0.6 is 0 Å². The number of benzene rings is 1. The molecule has 2 fully saturated rings. The molecule has 37 heavy (non-hydrogen) atoms. The molecule has 0 radical (unpaired) electrons. The molecule has 3 N–H and O–H groups in total. The van der Waals surface area contributed by atoms with Crippen molar-refractivity contribution in [3.05, 3.63) is 65.4 Å². The predicted octanol–water partition coefficient (Wildman–Crippen LogP) is 5.50. The Morgan fingerprint density at radius 2 is 1.81 bits per heavy atom. The molecule has 194 valence electrons. The normalized spacial score (nSPS) is 23.3. The van der Waals surface area contributed by atoms with Gasteiger partial charge in [-0.15, -0.1) is 0 Å². The van der Waals surface area contributed by atoms with Crippen LogP contribution in [0.15, 0.2) is 54.1 Å². The van der Waals surface area contributed by atoms with Gasteiger partial charge in [-0.3, -0.25) is 10.00 Å². The van der Waals surface area contributed by atoms with Crippen molar-refractivity contribution in [3.63, 3.8) is 0 Å². The molecule has 6 rings (SSSR count). The summed E-state index contributed by atoms with van der Waals surface area (Å²) in [5, 5.41) is 8.36. The van der Waals surface area contributed by atoms with E-state index in [1.807, 2.05) is 0 Å². The molecule has 1 saturated heterocycles. The summed E-state index contributed by atoms with van der Waals surface area (Å²) in [6, 6.07) is 11.4. The second-order valence-electron chi connectivity index (χ2n) is 12.0. The molecule has 6 heteroatoms. The van der Waals surface area contributed by atoms with Crippen LogP contribution in [0.1, 0.15) is 56.7 Å². The van der Waals surface area contributed by atoms with Crippen LogP contribution in [0.5, 0.6) is 0 Å². The summed E-state index contributed by atoms with van der Waals surface area (Å²) in [6.45, 7) is 10.0. The molecule has 2 aromatic heterocycles. The summed E-state index contributed by atoms with van der Waals surface area (Å²) < 4.78 is 0. The Balaban J connectivity index is 1.24. The van der Waals surface area contributed by atoms with Crippen molar-refractivity contribution in [1.29, 1.82) is 0 Å². The number of likely N-dealkylation sites (N-methyl/N-ethyl adjacent to an activating group) is 1. The number of aromatic amines is 1. The van der Waals surface area contributed by atoms with Gasteiger partial charge in [-0.2, -0.15) is 5.10 Å². The Morgan fingerprint density at radius 1 is 1.05 bits per heavy atom. The Hall–Kier alpha value is -2.96. The van der Waals surface area contributed by atoms with E-state index in [1.54, 1.807) is 5.57 Å². The van der Waals surface area contributed by atoms with E-state index in [9.17, 15) is 0 Å². The van der Waals surface area contributed by atoms with Crippen LogP contribution in [0.25, 0.3) is 22.2 Å². The number of pyridine rings is 1. The first-order chi connectivity index (χ1) is 17.9. The molecule has 1 saturated carbocycles. The minimum absolute atomic E-state index is 0.101. The lowest BCUT2D eigenvalue weighted by Gasteiger charge is -2.38. The second-order valence-corrected chi connectivity index (χ2v) is 12.0. The summed E-state index contributed by atoms with van der Waals surface area (Å²) in [4.78, 5) is 9.95. The molecular weight excluding hydrogens is 456 g/mol. The van der Waals surface area contributed by atoms with Gasteiger partial charge in [0, 0.05) is 38.1 Å². The molecule has 1 aliphatic heterocycles. The lowest BCUT2D eigenvalue weighted by Crippen LogP contribution is -2.48. The Kier molecular flexibility index (Phi) is 6.41. The van der Waals surface area contributed by atoms with Crippen molar-refractivity contribution in [2.75, 3.05) is 45.5 Å². The highest BCUT2D eigenvalue weighted by Gasteiger charge is 2.33. The number of hydrogen-bond acceptors (Lipinski definition) is 5. The van der Waals surface area contributed by atoms with E-state index in [-0.39, 0.29) is 5.41 Å². The summed E-state index contributed by atoms with van der Waals surface area (Å²) in [6.07, 6.45) is 11.9. The monoisotopic (exact) mass is 496 g/mol.